The van der Waals surface area contributed by atoms with E-state index in [4.69, 9.17) is 4.74 Å². The van der Waals surface area contributed by atoms with Crippen LogP contribution in [0.1, 0.15) is 44.3 Å². The number of benzene rings is 1. The zero-order valence-corrected chi connectivity index (χ0v) is 12.2. The van der Waals surface area contributed by atoms with Crippen molar-refractivity contribution in [1.29, 1.82) is 0 Å². The zero-order chi connectivity index (χ0) is 14.2. The quantitative estimate of drug-likeness (QED) is 0.896. The number of nitrogens with zero attached hydrogens (tertiary/aromatic N) is 1. The van der Waals surface area contributed by atoms with Crippen LogP contribution in [0.5, 0.6) is 5.75 Å². The Morgan fingerprint density at radius 3 is 2.80 bits per heavy atom. The number of hydrogen-bond acceptors (Lipinski definition) is 3. The van der Waals surface area contributed by atoms with Gasteiger partial charge in [0.15, 0.2) is 0 Å². The fourth-order valence-electron chi connectivity index (χ4n) is 2.97. The molecule has 4 nitrogen and oxygen atoms in total. The third-order valence-electron chi connectivity index (χ3n) is 4.33. The van der Waals surface area contributed by atoms with E-state index in [2.05, 4.69) is 12.2 Å². The molecule has 1 unspecified atom stereocenters. The number of methoxy groups -OCH3 is 1. The van der Waals surface area contributed by atoms with Crippen LogP contribution in [-0.2, 0) is 4.79 Å². The van der Waals surface area contributed by atoms with Crippen molar-refractivity contribution in [3.05, 3.63) is 29.8 Å². The van der Waals surface area contributed by atoms with E-state index in [1.54, 1.807) is 7.11 Å². The number of carbonyl (C=O) groups excluding carboxylic acids is 1. The van der Waals surface area contributed by atoms with Gasteiger partial charge >= 0.3 is 0 Å². The van der Waals surface area contributed by atoms with E-state index in [1.165, 1.54) is 0 Å². The summed E-state index contributed by atoms with van der Waals surface area (Å²) in [7, 11) is 1.68. The second-order valence-corrected chi connectivity index (χ2v) is 5.72. The summed E-state index contributed by atoms with van der Waals surface area (Å²) in [4.78, 5) is 14.6. The van der Waals surface area contributed by atoms with Gasteiger partial charge in [-0.15, -0.1) is 0 Å². The van der Waals surface area contributed by atoms with E-state index < -0.39 is 0 Å². The highest BCUT2D eigenvalue weighted by Crippen LogP contribution is 2.47. The number of hydrogen-bond donors (Lipinski definition) is 1. The predicted molar refractivity (Wildman–Crippen MR) is 77.5 cm³/mol. The molecule has 108 valence electrons. The van der Waals surface area contributed by atoms with Gasteiger partial charge in [0.05, 0.1) is 7.11 Å². The smallest absolute Gasteiger partial charge is 0.244 e. The number of carbonyl (C=O) groups is 1. The second kappa shape index (κ2) is 5.09. The lowest BCUT2D eigenvalue weighted by atomic mass is 10.1. The molecule has 1 amide bonds. The van der Waals surface area contributed by atoms with E-state index in [0.29, 0.717) is 0 Å². The van der Waals surface area contributed by atoms with Crippen LogP contribution >= 0.6 is 0 Å². The molecular formula is C16H22N2O2. The van der Waals surface area contributed by atoms with E-state index in [-0.39, 0.29) is 17.6 Å². The van der Waals surface area contributed by atoms with Crippen molar-refractivity contribution in [3.8, 4) is 5.75 Å². The van der Waals surface area contributed by atoms with Gasteiger partial charge in [-0.25, -0.2) is 0 Å². The van der Waals surface area contributed by atoms with Gasteiger partial charge in [0, 0.05) is 12.1 Å². The molecule has 1 saturated heterocycles. The maximum atomic E-state index is 12.6. The van der Waals surface area contributed by atoms with Gasteiger partial charge in [-0.3, -0.25) is 10.1 Å². The first kappa shape index (κ1) is 13.4. The van der Waals surface area contributed by atoms with Crippen LogP contribution in [0, 0.1) is 0 Å². The van der Waals surface area contributed by atoms with E-state index in [9.17, 15) is 4.79 Å². The third kappa shape index (κ3) is 2.08. The van der Waals surface area contributed by atoms with Crippen LogP contribution in [0.4, 0.5) is 0 Å². The zero-order valence-electron chi connectivity index (χ0n) is 12.2. The van der Waals surface area contributed by atoms with E-state index in [1.807, 2.05) is 29.2 Å². The standard InChI is InChI=1S/C16H22N2O2/c1-3-4-11-18-14(17-16(9-10-16)15(18)19)12-7-5-6-8-13(12)20-2/h5-8,14,17H,3-4,9-11H2,1-2H3. The molecule has 1 N–H and O–H groups in total. The summed E-state index contributed by atoms with van der Waals surface area (Å²) >= 11 is 0. The molecule has 1 atom stereocenters. The normalized spacial score (nSPS) is 23.4. The Balaban J connectivity index is 1.91. The Morgan fingerprint density at radius 2 is 2.15 bits per heavy atom. The molecule has 0 radical (unpaired) electrons. The molecule has 1 aliphatic carbocycles. The van der Waals surface area contributed by atoms with Gasteiger partial charge < -0.3 is 9.64 Å². The molecule has 4 heteroatoms. The Labute approximate surface area is 120 Å². The van der Waals surface area contributed by atoms with Gasteiger partial charge in [-0.1, -0.05) is 31.5 Å². The van der Waals surface area contributed by atoms with Crippen molar-refractivity contribution in [1.82, 2.24) is 10.2 Å². The first-order valence-electron chi connectivity index (χ1n) is 7.43. The number of amides is 1. The topological polar surface area (TPSA) is 41.6 Å². The summed E-state index contributed by atoms with van der Waals surface area (Å²) in [5.74, 6) is 1.11. The molecule has 1 heterocycles. The highest BCUT2D eigenvalue weighted by molar-refractivity contribution is 5.92. The molecular weight excluding hydrogens is 252 g/mol. The third-order valence-corrected chi connectivity index (χ3v) is 4.33. The van der Waals surface area contributed by atoms with Crippen LogP contribution in [0.25, 0.3) is 0 Å². The van der Waals surface area contributed by atoms with Crippen molar-refractivity contribution in [3.63, 3.8) is 0 Å². The lowest BCUT2D eigenvalue weighted by Crippen LogP contribution is -2.33. The van der Waals surface area contributed by atoms with Crippen LogP contribution in [0.15, 0.2) is 24.3 Å². The Morgan fingerprint density at radius 1 is 1.40 bits per heavy atom. The number of nitrogens with one attached hydrogen (secondary N) is 1. The molecule has 3 rings (SSSR count). The van der Waals surface area contributed by atoms with E-state index >= 15 is 0 Å². The molecule has 1 saturated carbocycles. The summed E-state index contributed by atoms with van der Waals surface area (Å²) in [5.41, 5.74) is 0.780. The predicted octanol–water partition coefficient (Wildman–Crippen LogP) is 2.46. The van der Waals surface area contributed by atoms with Crippen molar-refractivity contribution in [2.75, 3.05) is 13.7 Å². The SMILES string of the molecule is CCCCN1C(=O)C2(CC2)NC1c1ccccc1OC. The minimum absolute atomic E-state index is 0.0484. The Hall–Kier alpha value is -1.55. The lowest BCUT2D eigenvalue weighted by molar-refractivity contribution is -0.130. The molecule has 0 aromatic heterocycles. The number of rotatable bonds is 5. The molecule has 1 aromatic rings. The molecule has 2 aliphatic rings. The molecule has 20 heavy (non-hydrogen) atoms. The summed E-state index contributed by atoms with van der Waals surface area (Å²) in [6, 6.07) is 7.96. The molecule has 1 spiro atoms. The van der Waals surface area contributed by atoms with Crippen LogP contribution in [0.2, 0.25) is 0 Å². The molecule has 0 bridgehead atoms. The van der Waals surface area contributed by atoms with Gasteiger partial charge in [-0.05, 0) is 25.3 Å². The average Bonchev–Trinajstić information content (AvgIpc) is 3.21. The maximum absolute atomic E-state index is 12.6. The number of unbranched alkanes of at least 4 members (excludes halogenated alkanes) is 1. The first-order valence-corrected chi connectivity index (χ1v) is 7.43. The number of para-hydroxylation sites is 1. The van der Waals surface area contributed by atoms with Crippen LogP contribution in [-0.4, -0.2) is 30.0 Å². The highest BCUT2D eigenvalue weighted by Gasteiger charge is 2.59. The van der Waals surface area contributed by atoms with Crippen LogP contribution < -0.4 is 10.1 Å². The minimum atomic E-state index is -0.279. The lowest BCUT2D eigenvalue weighted by Gasteiger charge is -2.25. The van der Waals surface area contributed by atoms with Gasteiger partial charge in [0.1, 0.15) is 17.5 Å². The monoisotopic (exact) mass is 274 g/mol. The summed E-state index contributed by atoms with van der Waals surface area (Å²) in [5, 5.41) is 3.54. The fraction of sp³-hybridized carbons (Fsp3) is 0.562. The van der Waals surface area contributed by atoms with Gasteiger partial charge in [-0.2, -0.15) is 0 Å². The summed E-state index contributed by atoms with van der Waals surface area (Å²) in [6.07, 6.45) is 4.00. The Bertz CT molecular complexity index is 511. The molecule has 1 aromatic carbocycles. The first-order chi connectivity index (χ1) is 9.72. The maximum Gasteiger partial charge on any atom is 0.244 e. The second-order valence-electron chi connectivity index (χ2n) is 5.72. The van der Waals surface area contributed by atoms with Crippen molar-refractivity contribution in [2.45, 2.75) is 44.3 Å². The number of ether oxygens (including phenoxy) is 1. The Kier molecular flexibility index (Phi) is 3.42. The van der Waals surface area contributed by atoms with Crippen molar-refractivity contribution < 1.29 is 9.53 Å². The summed E-state index contributed by atoms with van der Waals surface area (Å²) < 4.78 is 5.46. The summed E-state index contributed by atoms with van der Waals surface area (Å²) in [6.45, 7) is 2.96. The largest absolute Gasteiger partial charge is 0.496 e. The fourth-order valence-corrected chi connectivity index (χ4v) is 2.97. The average molecular weight is 274 g/mol. The van der Waals surface area contributed by atoms with E-state index in [0.717, 1.165) is 43.5 Å². The van der Waals surface area contributed by atoms with Crippen molar-refractivity contribution >= 4 is 5.91 Å². The molecule has 2 fully saturated rings. The molecule has 1 aliphatic heterocycles. The van der Waals surface area contributed by atoms with Gasteiger partial charge in [0.25, 0.3) is 0 Å². The van der Waals surface area contributed by atoms with Gasteiger partial charge in [0.2, 0.25) is 5.91 Å². The van der Waals surface area contributed by atoms with Crippen molar-refractivity contribution in [2.24, 2.45) is 0 Å². The minimum Gasteiger partial charge on any atom is -0.496 e. The highest BCUT2D eigenvalue weighted by atomic mass is 16.5. The van der Waals surface area contributed by atoms with Crippen LogP contribution in [0.3, 0.4) is 0 Å².